The largest absolute Gasteiger partial charge is 0.449 e. The molecular weight excluding hydrogens is 382 g/mol. The molecule has 4 nitrogen and oxygen atoms in total. The van der Waals surface area contributed by atoms with Gasteiger partial charge in [0.25, 0.3) is 0 Å². The number of ether oxygens (including phenoxy) is 1. The number of halogens is 2. The molecule has 23 heavy (non-hydrogen) atoms. The lowest BCUT2D eigenvalue weighted by atomic mass is 10.1. The van der Waals surface area contributed by atoms with Gasteiger partial charge in [0.2, 0.25) is 0 Å². The first-order valence-electron chi connectivity index (χ1n) is 7.13. The Morgan fingerprint density at radius 3 is 2.70 bits per heavy atom. The molecule has 0 aliphatic rings. The van der Waals surface area contributed by atoms with Crippen LogP contribution in [0.3, 0.4) is 0 Å². The van der Waals surface area contributed by atoms with Gasteiger partial charge in [0, 0.05) is 15.9 Å². The molecule has 0 aromatic heterocycles. The average molecular weight is 399 g/mol. The molecule has 0 aliphatic carbocycles. The van der Waals surface area contributed by atoms with Crippen molar-refractivity contribution < 1.29 is 14.6 Å². The van der Waals surface area contributed by atoms with E-state index in [2.05, 4.69) is 21.2 Å². The summed E-state index contributed by atoms with van der Waals surface area (Å²) in [4.78, 5) is 11.6. The highest BCUT2D eigenvalue weighted by atomic mass is 79.9. The predicted octanol–water partition coefficient (Wildman–Crippen LogP) is 4.10. The third kappa shape index (κ3) is 6.22. The van der Waals surface area contributed by atoms with Crippen molar-refractivity contribution in [3.8, 4) is 0 Å². The van der Waals surface area contributed by atoms with Crippen molar-refractivity contribution in [3.63, 3.8) is 0 Å². The molecule has 0 aliphatic heterocycles. The van der Waals surface area contributed by atoms with Crippen LogP contribution >= 0.6 is 27.5 Å². The number of aliphatic hydroxyl groups is 1. The zero-order chi connectivity index (χ0) is 16.7. The maximum absolute atomic E-state index is 11.6. The lowest BCUT2D eigenvalue weighted by Gasteiger charge is -2.12. The highest BCUT2D eigenvalue weighted by Gasteiger charge is 2.10. The zero-order valence-corrected chi connectivity index (χ0v) is 14.7. The summed E-state index contributed by atoms with van der Waals surface area (Å²) in [6, 6.07) is 14.7. The van der Waals surface area contributed by atoms with Crippen LogP contribution < -0.4 is 5.32 Å². The molecule has 0 saturated carbocycles. The van der Waals surface area contributed by atoms with Gasteiger partial charge in [-0.15, -0.1) is 0 Å². The second kappa shape index (κ2) is 8.91. The van der Waals surface area contributed by atoms with Gasteiger partial charge in [-0.25, -0.2) is 4.79 Å². The van der Waals surface area contributed by atoms with Gasteiger partial charge in [0.05, 0.1) is 19.3 Å². The second-order valence-electron chi connectivity index (χ2n) is 4.96. The average Bonchev–Trinajstić information content (AvgIpc) is 2.54. The summed E-state index contributed by atoms with van der Waals surface area (Å²) in [7, 11) is 0. The number of alkyl carbamates (subject to hydrolysis) is 1. The minimum absolute atomic E-state index is 0.0669. The summed E-state index contributed by atoms with van der Waals surface area (Å²) in [5, 5.41) is 13.1. The minimum Gasteiger partial charge on any atom is -0.449 e. The molecule has 0 fully saturated rings. The molecule has 2 rings (SSSR count). The SMILES string of the molecule is O=C(NC[C@H](O)c1cccc(Cl)c1)OCCc1ccc(Br)cc1. The fraction of sp³-hybridized carbons (Fsp3) is 0.235. The molecule has 2 N–H and O–H groups in total. The van der Waals surface area contributed by atoms with Crippen molar-refractivity contribution >= 4 is 33.6 Å². The monoisotopic (exact) mass is 397 g/mol. The van der Waals surface area contributed by atoms with Crippen LogP contribution in [0.2, 0.25) is 5.02 Å². The molecule has 6 heteroatoms. The van der Waals surface area contributed by atoms with E-state index in [1.807, 2.05) is 24.3 Å². The lowest BCUT2D eigenvalue weighted by Crippen LogP contribution is -2.29. The van der Waals surface area contributed by atoms with E-state index >= 15 is 0 Å². The molecule has 0 unspecified atom stereocenters. The Bertz CT molecular complexity index is 649. The third-order valence-corrected chi connectivity index (χ3v) is 3.97. The van der Waals surface area contributed by atoms with Crippen LogP contribution in [0.15, 0.2) is 53.0 Å². The number of hydrogen-bond acceptors (Lipinski definition) is 3. The van der Waals surface area contributed by atoms with Gasteiger partial charge in [0.15, 0.2) is 0 Å². The van der Waals surface area contributed by atoms with E-state index in [0.29, 0.717) is 17.0 Å². The molecular formula is C17H17BrClNO3. The number of carbonyl (C=O) groups is 1. The Kier molecular flexibility index (Phi) is 6.89. The van der Waals surface area contributed by atoms with Crippen molar-refractivity contribution in [1.82, 2.24) is 5.32 Å². The maximum Gasteiger partial charge on any atom is 0.407 e. The number of amides is 1. The topological polar surface area (TPSA) is 58.6 Å². The number of benzene rings is 2. The molecule has 1 amide bonds. The van der Waals surface area contributed by atoms with Crippen LogP contribution in [0.5, 0.6) is 0 Å². The van der Waals surface area contributed by atoms with Crippen LogP contribution in [0.25, 0.3) is 0 Å². The van der Waals surface area contributed by atoms with Gasteiger partial charge in [-0.1, -0.05) is 51.8 Å². The van der Waals surface area contributed by atoms with Crippen molar-refractivity contribution in [2.45, 2.75) is 12.5 Å². The molecule has 2 aromatic carbocycles. The van der Waals surface area contributed by atoms with E-state index in [1.165, 1.54) is 0 Å². The van der Waals surface area contributed by atoms with Crippen molar-refractivity contribution in [2.75, 3.05) is 13.2 Å². The van der Waals surface area contributed by atoms with Gasteiger partial charge in [0.1, 0.15) is 0 Å². The fourth-order valence-electron chi connectivity index (χ4n) is 1.98. The quantitative estimate of drug-likeness (QED) is 0.770. The van der Waals surface area contributed by atoms with Gasteiger partial charge >= 0.3 is 6.09 Å². The lowest BCUT2D eigenvalue weighted by molar-refractivity contribution is 0.132. The van der Waals surface area contributed by atoms with E-state index in [9.17, 15) is 9.90 Å². The molecule has 122 valence electrons. The van der Waals surface area contributed by atoms with Crippen LogP contribution in [0.4, 0.5) is 4.79 Å². The molecule has 2 aromatic rings. The summed E-state index contributed by atoms with van der Waals surface area (Å²) in [6.45, 7) is 0.345. The number of aliphatic hydroxyl groups excluding tert-OH is 1. The van der Waals surface area contributed by atoms with Crippen molar-refractivity contribution in [3.05, 3.63) is 69.2 Å². The first-order chi connectivity index (χ1) is 11.0. The molecule has 1 atom stereocenters. The highest BCUT2D eigenvalue weighted by molar-refractivity contribution is 9.10. The van der Waals surface area contributed by atoms with Gasteiger partial charge in [-0.05, 0) is 35.4 Å². The smallest absolute Gasteiger partial charge is 0.407 e. The molecule has 0 heterocycles. The van der Waals surface area contributed by atoms with Gasteiger partial charge in [-0.2, -0.15) is 0 Å². The first-order valence-corrected chi connectivity index (χ1v) is 8.30. The normalized spacial score (nSPS) is 11.8. The Hall–Kier alpha value is -1.56. The van der Waals surface area contributed by atoms with Gasteiger partial charge in [-0.3, -0.25) is 0 Å². The summed E-state index contributed by atoms with van der Waals surface area (Å²) in [6.07, 6.45) is -0.742. The number of rotatable bonds is 6. The molecule has 0 saturated heterocycles. The van der Waals surface area contributed by atoms with Gasteiger partial charge < -0.3 is 15.2 Å². The van der Waals surface area contributed by atoms with E-state index in [0.717, 1.165) is 10.0 Å². The second-order valence-corrected chi connectivity index (χ2v) is 6.32. The number of carbonyl (C=O) groups excluding carboxylic acids is 1. The molecule has 0 radical (unpaired) electrons. The summed E-state index contributed by atoms with van der Waals surface area (Å²) in [5.74, 6) is 0. The Labute approximate surface area is 148 Å². The summed E-state index contributed by atoms with van der Waals surface area (Å²) in [5.41, 5.74) is 1.73. The van der Waals surface area contributed by atoms with Crippen LogP contribution in [0.1, 0.15) is 17.2 Å². The standard InChI is InChI=1S/C17H17BrClNO3/c18-14-6-4-12(5-7-14)8-9-23-17(22)20-11-16(21)13-2-1-3-15(19)10-13/h1-7,10,16,21H,8-9,11H2,(H,20,22)/t16-/m0/s1. The van der Waals surface area contributed by atoms with Crippen molar-refractivity contribution in [2.24, 2.45) is 0 Å². The number of nitrogens with one attached hydrogen (secondary N) is 1. The van der Waals surface area contributed by atoms with Crippen molar-refractivity contribution in [1.29, 1.82) is 0 Å². The summed E-state index contributed by atoms with van der Waals surface area (Å²) < 4.78 is 6.10. The predicted molar refractivity (Wildman–Crippen MR) is 93.6 cm³/mol. The summed E-state index contributed by atoms with van der Waals surface area (Å²) >= 11 is 9.23. The van der Waals surface area contributed by atoms with Crippen LogP contribution in [-0.2, 0) is 11.2 Å². The molecule has 0 bridgehead atoms. The van der Waals surface area contributed by atoms with E-state index in [1.54, 1.807) is 24.3 Å². The Morgan fingerprint density at radius 1 is 1.26 bits per heavy atom. The Balaban J connectivity index is 1.69. The highest BCUT2D eigenvalue weighted by Crippen LogP contribution is 2.17. The minimum atomic E-state index is -0.826. The number of hydrogen-bond donors (Lipinski definition) is 2. The zero-order valence-electron chi connectivity index (χ0n) is 12.3. The molecule has 0 spiro atoms. The van der Waals surface area contributed by atoms with E-state index < -0.39 is 12.2 Å². The fourth-order valence-corrected chi connectivity index (χ4v) is 2.44. The van der Waals surface area contributed by atoms with E-state index in [4.69, 9.17) is 16.3 Å². The van der Waals surface area contributed by atoms with Crippen LogP contribution in [0, 0.1) is 0 Å². The van der Waals surface area contributed by atoms with E-state index in [-0.39, 0.29) is 13.2 Å². The van der Waals surface area contributed by atoms with Crippen LogP contribution in [-0.4, -0.2) is 24.4 Å². The Morgan fingerprint density at radius 2 is 2.00 bits per heavy atom. The first kappa shape index (κ1) is 17.8. The third-order valence-electron chi connectivity index (χ3n) is 3.21. The maximum atomic E-state index is 11.6.